The Hall–Kier alpha value is -2.27. The van der Waals surface area contributed by atoms with E-state index >= 15 is 0 Å². The van der Waals surface area contributed by atoms with Crippen LogP contribution in [0.5, 0.6) is 0 Å². The van der Waals surface area contributed by atoms with Gasteiger partial charge in [0.05, 0.1) is 17.0 Å². The summed E-state index contributed by atoms with van der Waals surface area (Å²) in [6.07, 6.45) is 0.661. The van der Waals surface area contributed by atoms with Gasteiger partial charge >= 0.3 is 0 Å². The molecule has 5 heteroatoms. The summed E-state index contributed by atoms with van der Waals surface area (Å²) in [5.74, 6) is -0.180. The fourth-order valence-corrected chi connectivity index (χ4v) is 1.98. The van der Waals surface area contributed by atoms with Gasteiger partial charge in [-0.2, -0.15) is 10.2 Å². The van der Waals surface area contributed by atoms with Crippen LogP contribution in [0.25, 0.3) is 0 Å². The quantitative estimate of drug-likeness (QED) is 0.891. The van der Waals surface area contributed by atoms with Crippen molar-refractivity contribution in [2.24, 2.45) is 5.73 Å². The van der Waals surface area contributed by atoms with Crippen molar-refractivity contribution in [3.63, 3.8) is 0 Å². The van der Waals surface area contributed by atoms with Gasteiger partial charge in [0.1, 0.15) is 0 Å². The normalized spacial score (nSPS) is 10.3. The molecule has 0 radical (unpaired) electrons. The van der Waals surface area contributed by atoms with Gasteiger partial charge in [0.15, 0.2) is 0 Å². The number of hydrogen-bond donors (Lipinski definition) is 2. The zero-order chi connectivity index (χ0) is 14.5. The molecule has 0 aliphatic heterocycles. The number of nitrogens with two attached hydrogens (primary N) is 1. The van der Waals surface area contributed by atoms with Crippen LogP contribution in [0.4, 0.5) is 5.69 Å². The second-order valence-corrected chi connectivity index (χ2v) is 4.52. The van der Waals surface area contributed by atoms with Crippen LogP contribution in [0.15, 0.2) is 30.3 Å². The molecular formula is C15H18N4O. The molecule has 3 N–H and O–H groups in total. The van der Waals surface area contributed by atoms with Crippen LogP contribution in [-0.4, -0.2) is 16.1 Å². The topological polar surface area (TPSA) is 80.9 Å². The number of carbonyl (C=O) groups is 1. The first-order valence-corrected chi connectivity index (χ1v) is 6.58. The van der Waals surface area contributed by atoms with E-state index in [4.69, 9.17) is 5.73 Å². The molecule has 0 aliphatic carbocycles. The fraction of sp³-hybridized carbons (Fsp3) is 0.267. The number of nitrogens with zero attached hydrogens (tertiary/aromatic N) is 2. The maximum atomic E-state index is 12.4. The Morgan fingerprint density at radius 1 is 1.30 bits per heavy atom. The lowest BCUT2D eigenvalue weighted by molar-refractivity contribution is 0.102. The average molecular weight is 270 g/mol. The number of carbonyl (C=O) groups excluding carboxylic acids is 1. The number of amides is 1. The molecule has 0 atom stereocenters. The predicted molar refractivity (Wildman–Crippen MR) is 78.4 cm³/mol. The Morgan fingerprint density at radius 2 is 2.05 bits per heavy atom. The van der Waals surface area contributed by atoms with Crippen LogP contribution in [0, 0.1) is 6.92 Å². The van der Waals surface area contributed by atoms with E-state index in [1.807, 2.05) is 38.1 Å². The number of aryl methyl sites for hydroxylation is 2. The Labute approximate surface area is 118 Å². The molecule has 2 aromatic rings. The third-order valence-electron chi connectivity index (χ3n) is 3.06. The fourth-order valence-electron chi connectivity index (χ4n) is 1.98. The van der Waals surface area contributed by atoms with Gasteiger partial charge in [-0.25, -0.2) is 0 Å². The zero-order valence-corrected chi connectivity index (χ0v) is 11.7. The first-order chi connectivity index (χ1) is 9.65. The second kappa shape index (κ2) is 6.25. The van der Waals surface area contributed by atoms with Crippen molar-refractivity contribution in [2.75, 3.05) is 5.32 Å². The summed E-state index contributed by atoms with van der Waals surface area (Å²) in [6.45, 7) is 4.14. The van der Waals surface area contributed by atoms with Crippen molar-refractivity contribution in [3.05, 3.63) is 52.8 Å². The van der Waals surface area contributed by atoms with Crippen molar-refractivity contribution >= 4 is 11.6 Å². The lowest BCUT2D eigenvalue weighted by Gasteiger charge is -2.11. The third-order valence-corrected chi connectivity index (χ3v) is 3.06. The molecule has 0 saturated carbocycles. The highest BCUT2D eigenvalue weighted by atomic mass is 16.1. The lowest BCUT2D eigenvalue weighted by Crippen LogP contribution is -2.17. The zero-order valence-electron chi connectivity index (χ0n) is 11.7. The Bertz CT molecular complexity index is 625. The summed E-state index contributed by atoms with van der Waals surface area (Å²) in [7, 11) is 0. The van der Waals surface area contributed by atoms with Crippen molar-refractivity contribution in [2.45, 2.75) is 26.8 Å². The van der Waals surface area contributed by atoms with Crippen LogP contribution in [0.3, 0.4) is 0 Å². The molecule has 0 fully saturated rings. The molecule has 1 heterocycles. The van der Waals surface area contributed by atoms with E-state index in [9.17, 15) is 4.79 Å². The summed E-state index contributed by atoms with van der Waals surface area (Å²) >= 11 is 0. The number of hydrogen-bond acceptors (Lipinski definition) is 4. The van der Waals surface area contributed by atoms with E-state index in [1.165, 1.54) is 0 Å². The maximum Gasteiger partial charge on any atom is 0.257 e. The highest BCUT2D eigenvalue weighted by molar-refractivity contribution is 6.05. The van der Waals surface area contributed by atoms with Crippen molar-refractivity contribution in [1.29, 1.82) is 0 Å². The first-order valence-electron chi connectivity index (χ1n) is 6.58. The van der Waals surface area contributed by atoms with Crippen LogP contribution < -0.4 is 11.1 Å². The van der Waals surface area contributed by atoms with Crippen molar-refractivity contribution < 1.29 is 4.79 Å². The Kier molecular flexibility index (Phi) is 4.42. The molecule has 2 rings (SSSR count). The van der Waals surface area contributed by atoms with Gasteiger partial charge in [0.2, 0.25) is 0 Å². The molecule has 20 heavy (non-hydrogen) atoms. The highest BCUT2D eigenvalue weighted by Crippen LogP contribution is 2.16. The van der Waals surface area contributed by atoms with E-state index in [2.05, 4.69) is 15.5 Å². The predicted octanol–water partition coefficient (Wildman–Crippen LogP) is 2.06. The molecule has 0 bridgehead atoms. The molecule has 0 aliphatic rings. The van der Waals surface area contributed by atoms with Crippen molar-refractivity contribution in [1.82, 2.24) is 10.2 Å². The van der Waals surface area contributed by atoms with Crippen LogP contribution >= 0.6 is 0 Å². The third kappa shape index (κ3) is 3.00. The summed E-state index contributed by atoms with van der Waals surface area (Å²) in [6, 6.07) is 9.25. The standard InChI is InChI=1S/C15H18N4O/c1-3-13-12(8-10(2)18-19-13)15(20)17-14-7-5-4-6-11(14)9-16/h4-8H,3,9,16H2,1-2H3,(H,17,20). The minimum absolute atomic E-state index is 0.180. The number of nitrogens with one attached hydrogen (secondary N) is 1. The van der Waals surface area contributed by atoms with Gasteiger partial charge in [-0.15, -0.1) is 0 Å². The van der Waals surface area contributed by atoms with Gasteiger partial charge in [0, 0.05) is 12.2 Å². The summed E-state index contributed by atoms with van der Waals surface area (Å²) in [4.78, 5) is 12.4. The monoisotopic (exact) mass is 270 g/mol. The van der Waals surface area contributed by atoms with Gasteiger partial charge in [-0.1, -0.05) is 25.1 Å². The number of aromatic nitrogens is 2. The second-order valence-electron chi connectivity index (χ2n) is 4.52. The maximum absolute atomic E-state index is 12.4. The van der Waals surface area contributed by atoms with Crippen LogP contribution in [0.2, 0.25) is 0 Å². The van der Waals surface area contributed by atoms with Crippen LogP contribution in [0.1, 0.15) is 34.2 Å². The Morgan fingerprint density at radius 3 is 2.75 bits per heavy atom. The smallest absolute Gasteiger partial charge is 0.257 e. The number of para-hydroxylation sites is 1. The molecule has 1 aromatic heterocycles. The minimum atomic E-state index is -0.180. The molecule has 0 unspecified atom stereocenters. The largest absolute Gasteiger partial charge is 0.326 e. The number of benzene rings is 1. The number of anilines is 1. The number of rotatable bonds is 4. The first kappa shape index (κ1) is 14.1. The summed E-state index contributed by atoms with van der Waals surface area (Å²) in [5, 5.41) is 10.9. The average Bonchev–Trinajstić information content (AvgIpc) is 2.47. The molecule has 1 amide bonds. The SMILES string of the molecule is CCc1nnc(C)cc1C(=O)Nc1ccccc1CN. The van der Waals surface area contributed by atoms with Crippen molar-refractivity contribution in [3.8, 4) is 0 Å². The van der Waals surface area contributed by atoms with E-state index in [0.717, 1.165) is 16.9 Å². The van der Waals surface area contributed by atoms with Gasteiger partial charge in [0.25, 0.3) is 5.91 Å². The Balaban J connectivity index is 2.30. The van der Waals surface area contributed by atoms with E-state index < -0.39 is 0 Å². The minimum Gasteiger partial charge on any atom is -0.326 e. The van der Waals surface area contributed by atoms with E-state index in [1.54, 1.807) is 6.07 Å². The molecular weight excluding hydrogens is 252 g/mol. The van der Waals surface area contributed by atoms with Crippen LogP contribution in [-0.2, 0) is 13.0 Å². The molecule has 0 saturated heterocycles. The lowest BCUT2D eigenvalue weighted by atomic mass is 10.1. The van der Waals surface area contributed by atoms with Gasteiger partial charge in [-0.05, 0) is 31.0 Å². The highest BCUT2D eigenvalue weighted by Gasteiger charge is 2.14. The van der Waals surface area contributed by atoms with E-state index in [-0.39, 0.29) is 5.91 Å². The molecule has 0 spiro atoms. The van der Waals surface area contributed by atoms with E-state index in [0.29, 0.717) is 24.2 Å². The molecule has 5 nitrogen and oxygen atoms in total. The van der Waals surface area contributed by atoms with Gasteiger partial charge < -0.3 is 11.1 Å². The van der Waals surface area contributed by atoms with Gasteiger partial charge in [-0.3, -0.25) is 4.79 Å². The summed E-state index contributed by atoms with van der Waals surface area (Å²) < 4.78 is 0. The molecule has 1 aromatic carbocycles. The summed E-state index contributed by atoms with van der Waals surface area (Å²) in [5.41, 5.74) is 9.28. The molecule has 104 valence electrons.